The molecule has 1 aliphatic carbocycles. The molecule has 2 amide bonds. The van der Waals surface area contributed by atoms with Crippen molar-refractivity contribution in [3.63, 3.8) is 0 Å². The molecule has 1 N–H and O–H groups in total. The molecule has 3 fully saturated rings. The lowest BCUT2D eigenvalue weighted by atomic mass is 10.0. The Bertz CT molecular complexity index is 762. The molecule has 176 valence electrons. The van der Waals surface area contributed by atoms with Crippen LogP contribution in [0.25, 0.3) is 0 Å². The smallest absolute Gasteiger partial charge is 0.407 e. The van der Waals surface area contributed by atoms with Crippen LogP contribution in [0, 0.1) is 0 Å². The molecule has 2 heterocycles. The fourth-order valence-electron chi connectivity index (χ4n) is 5.50. The summed E-state index contributed by atoms with van der Waals surface area (Å²) in [5.74, 6) is 0.149. The number of rotatable bonds is 4. The molecule has 1 saturated carbocycles. The van der Waals surface area contributed by atoms with Gasteiger partial charge in [0.25, 0.3) is 5.91 Å². The van der Waals surface area contributed by atoms with E-state index in [0.717, 1.165) is 63.4 Å². The highest BCUT2D eigenvalue weighted by molar-refractivity contribution is 6.00. The number of carbonyl (C=O) groups is 2. The van der Waals surface area contributed by atoms with Crippen molar-refractivity contribution in [2.75, 3.05) is 51.3 Å². The van der Waals surface area contributed by atoms with Gasteiger partial charge >= 0.3 is 6.09 Å². The number of carbonyl (C=O) groups excluding carboxylic acids is 2. The molecular weight excluding hydrogens is 404 g/mol. The second kappa shape index (κ2) is 11.0. The third-order valence-electron chi connectivity index (χ3n) is 7.42. The number of alkyl carbamates (subject to hydrolysis) is 1. The van der Waals surface area contributed by atoms with Gasteiger partial charge in [-0.05, 0) is 37.8 Å². The van der Waals surface area contributed by atoms with Crippen LogP contribution >= 0.6 is 0 Å². The number of nitrogens with zero attached hydrogens (tertiary/aromatic N) is 3. The molecule has 4 rings (SSSR count). The van der Waals surface area contributed by atoms with Crippen LogP contribution < -0.4 is 10.2 Å². The van der Waals surface area contributed by atoms with Crippen LogP contribution in [0.4, 0.5) is 10.5 Å². The maximum absolute atomic E-state index is 13.5. The Kier molecular flexibility index (Phi) is 7.90. The standard InChI is InChI=1S/C25H38N4O3/c1-32-25(31)26-20-12-14-28(15-13-20)23-11-7-6-10-22(23)24(30)29-18-16-27(17-19-29)21-8-4-2-3-5-9-21/h6-7,10-11,20-21H,2-5,8-9,12-19H2,1H3,(H,26,31). The number of hydrogen-bond acceptors (Lipinski definition) is 5. The number of nitrogens with one attached hydrogen (secondary N) is 1. The molecule has 0 spiro atoms. The molecule has 3 aliphatic rings. The fraction of sp³-hybridized carbons (Fsp3) is 0.680. The number of para-hydroxylation sites is 1. The van der Waals surface area contributed by atoms with Crippen molar-refractivity contribution in [2.24, 2.45) is 0 Å². The SMILES string of the molecule is COC(=O)NC1CCN(c2ccccc2C(=O)N2CCN(C3CCCCCC3)CC2)CC1. The van der Waals surface area contributed by atoms with Gasteiger partial charge in [-0.1, -0.05) is 37.8 Å². The molecule has 7 nitrogen and oxygen atoms in total. The minimum Gasteiger partial charge on any atom is -0.453 e. The highest BCUT2D eigenvalue weighted by Gasteiger charge is 2.29. The number of piperidine rings is 1. The van der Waals surface area contributed by atoms with Gasteiger partial charge in [0.05, 0.1) is 12.7 Å². The van der Waals surface area contributed by atoms with Crippen LogP contribution in [0.1, 0.15) is 61.7 Å². The van der Waals surface area contributed by atoms with E-state index in [1.54, 1.807) is 0 Å². The molecule has 1 aromatic rings. The summed E-state index contributed by atoms with van der Waals surface area (Å²) in [4.78, 5) is 31.9. The maximum atomic E-state index is 13.5. The number of anilines is 1. The van der Waals surface area contributed by atoms with Gasteiger partial charge in [0.1, 0.15) is 0 Å². The lowest BCUT2D eigenvalue weighted by Gasteiger charge is -2.40. The van der Waals surface area contributed by atoms with Gasteiger partial charge in [-0.25, -0.2) is 4.79 Å². The summed E-state index contributed by atoms with van der Waals surface area (Å²) < 4.78 is 4.72. The number of benzene rings is 1. The van der Waals surface area contributed by atoms with Gasteiger partial charge in [-0.2, -0.15) is 0 Å². The van der Waals surface area contributed by atoms with Crippen molar-refractivity contribution >= 4 is 17.7 Å². The highest BCUT2D eigenvalue weighted by Crippen LogP contribution is 2.27. The zero-order valence-electron chi connectivity index (χ0n) is 19.4. The Hall–Kier alpha value is -2.28. The van der Waals surface area contributed by atoms with Gasteiger partial charge in [0, 0.05) is 57.0 Å². The number of hydrogen-bond donors (Lipinski definition) is 1. The van der Waals surface area contributed by atoms with E-state index in [9.17, 15) is 9.59 Å². The van der Waals surface area contributed by atoms with Crippen molar-refractivity contribution in [1.82, 2.24) is 15.1 Å². The van der Waals surface area contributed by atoms with E-state index in [4.69, 9.17) is 4.74 Å². The predicted octanol–water partition coefficient (Wildman–Crippen LogP) is 3.49. The summed E-state index contributed by atoms with van der Waals surface area (Å²) in [5, 5.41) is 2.90. The topological polar surface area (TPSA) is 65.1 Å². The number of amides is 2. The monoisotopic (exact) mass is 442 g/mol. The summed E-state index contributed by atoms with van der Waals surface area (Å²) in [7, 11) is 1.39. The third-order valence-corrected chi connectivity index (χ3v) is 7.42. The van der Waals surface area contributed by atoms with E-state index < -0.39 is 0 Å². The number of methoxy groups -OCH3 is 1. The predicted molar refractivity (Wildman–Crippen MR) is 126 cm³/mol. The molecular formula is C25H38N4O3. The Balaban J connectivity index is 1.35. The Labute approximate surface area is 192 Å². The highest BCUT2D eigenvalue weighted by atomic mass is 16.5. The molecule has 0 radical (unpaired) electrons. The molecule has 0 atom stereocenters. The maximum Gasteiger partial charge on any atom is 0.407 e. The Morgan fingerprint density at radius 1 is 0.875 bits per heavy atom. The number of piperazine rings is 1. The van der Waals surface area contributed by atoms with Crippen molar-refractivity contribution in [1.29, 1.82) is 0 Å². The second-order valence-corrected chi connectivity index (χ2v) is 9.39. The van der Waals surface area contributed by atoms with E-state index in [1.165, 1.54) is 45.6 Å². The fourth-order valence-corrected chi connectivity index (χ4v) is 5.50. The first-order chi connectivity index (χ1) is 15.7. The molecule has 0 unspecified atom stereocenters. The number of ether oxygens (including phenoxy) is 1. The van der Waals surface area contributed by atoms with Crippen LogP contribution in [0.15, 0.2) is 24.3 Å². The lowest BCUT2D eigenvalue weighted by Crippen LogP contribution is -2.52. The van der Waals surface area contributed by atoms with E-state index >= 15 is 0 Å². The van der Waals surface area contributed by atoms with E-state index in [2.05, 4.69) is 21.2 Å². The van der Waals surface area contributed by atoms with Gasteiger partial charge < -0.3 is 19.9 Å². The summed E-state index contributed by atoms with van der Waals surface area (Å²) in [6.45, 7) is 5.23. The molecule has 32 heavy (non-hydrogen) atoms. The van der Waals surface area contributed by atoms with Gasteiger partial charge in [-0.15, -0.1) is 0 Å². The molecule has 7 heteroatoms. The van der Waals surface area contributed by atoms with Gasteiger partial charge in [-0.3, -0.25) is 9.69 Å². The van der Waals surface area contributed by atoms with Gasteiger partial charge in [0.15, 0.2) is 0 Å². The van der Waals surface area contributed by atoms with Crippen LogP contribution in [-0.4, -0.2) is 80.3 Å². The molecule has 0 bridgehead atoms. The minimum atomic E-state index is -0.373. The first kappa shape index (κ1) is 22.9. The summed E-state index contributed by atoms with van der Waals surface area (Å²) in [6, 6.07) is 8.83. The molecule has 2 aliphatic heterocycles. The van der Waals surface area contributed by atoms with Crippen LogP contribution in [0.2, 0.25) is 0 Å². The third kappa shape index (κ3) is 5.55. The summed E-state index contributed by atoms with van der Waals surface area (Å²) in [6.07, 6.45) is 9.40. The average molecular weight is 443 g/mol. The molecule has 0 aromatic heterocycles. The van der Waals surface area contributed by atoms with E-state index in [1.807, 2.05) is 23.1 Å². The average Bonchev–Trinajstić information content (AvgIpc) is 3.14. The Morgan fingerprint density at radius 2 is 1.53 bits per heavy atom. The molecule has 2 saturated heterocycles. The second-order valence-electron chi connectivity index (χ2n) is 9.39. The van der Waals surface area contributed by atoms with Crippen LogP contribution in [-0.2, 0) is 4.74 Å². The normalized spacial score (nSPS) is 21.8. The molecule has 1 aromatic carbocycles. The first-order valence-corrected chi connectivity index (χ1v) is 12.4. The van der Waals surface area contributed by atoms with Crippen molar-refractivity contribution in [3.05, 3.63) is 29.8 Å². The minimum absolute atomic E-state index is 0.124. The van der Waals surface area contributed by atoms with Crippen LogP contribution in [0.5, 0.6) is 0 Å². The van der Waals surface area contributed by atoms with E-state index in [0.29, 0.717) is 6.04 Å². The summed E-state index contributed by atoms with van der Waals surface area (Å²) in [5.41, 5.74) is 1.81. The van der Waals surface area contributed by atoms with Crippen molar-refractivity contribution < 1.29 is 14.3 Å². The van der Waals surface area contributed by atoms with Crippen LogP contribution in [0.3, 0.4) is 0 Å². The zero-order valence-corrected chi connectivity index (χ0v) is 19.4. The first-order valence-electron chi connectivity index (χ1n) is 12.4. The lowest BCUT2D eigenvalue weighted by molar-refractivity contribution is 0.0552. The quantitative estimate of drug-likeness (QED) is 0.723. The summed E-state index contributed by atoms with van der Waals surface area (Å²) >= 11 is 0. The van der Waals surface area contributed by atoms with Crippen molar-refractivity contribution in [3.8, 4) is 0 Å². The largest absolute Gasteiger partial charge is 0.453 e. The Morgan fingerprint density at radius 3 is 2.19 bits per heavy atom. The van der Waals surface area contributed by atoms with E-state index in [-0.39, 0.29) is 18.0 Å². The zero-order chi connectivity index (χ0) is 22.3. The van der Waals surface area contributed by atoms with Crippen molar-refractivity contribution in [2.45, 2.75) is 63.5 Å². The van der Waals surface area contributed by atoms with Gasteiger partial charge in [0.2, 0.25) is 0 Å².